The summed E-state index contributed by atoms with van der Waals surface area (Å²) in [6, 6.07) is 5.51. The second-order valence-electron chi connectivity index (χ2n) is 3.11. The van der Waals surface area contributed by atoms with E-state index in [0.29, 0.717) is 5.56 Å². The van der Waals surface area contributed by atoms with E-state index < -0.39 is 0 Å². The number of esters is 1. The lowest BCUT2D eigenvalue weighted by molar-refractivity contribution is 0.0602. The van der Waals surface area contributed by atoms with Gasteiger partial charge in [-0.2, -0.15) is 5.10 Å². The standard InChI is InChI=1S/C10H9IN2O2/c1-13-8-6(9(11)12-13)4-3-5-7(8)10(14)15-2/h3-5H,1-2H3. The number of carbonyl (C=O) groups is 1. The van der Waals surface area contributed by atoms with E-state index in [9.17, 15) is 4.79 Å². The van der Waals surface area contributed by atoms with E-state index in [1.165, 1.54) is 7.11 Å². The summed E-state index contributed by atoms with van der Waals surface area (Å²) < 4.78 is 7.31. The van der Waals surface area contributed by atoms with Gasteiger partial charge in [-0.15, -0.1) is 0 Å². The molecule has 0 unspecified atom stereocenters. The number of fused-ring (bicyclic) bond motifs is 1. The van der Waals surface area contributed by atoms with Gasteiger partial charge in [0.25, 0.3) is 0 Å². The molecule has 1 aromatic heterocycles. The molecule has 0 bridgehead atoms. The van der Waals surface area contributed by atoms with Crippen molar-refractivity contribution < 1.29 is 9.53 Å². The molecule has 4 nitrogen and oxygen atoms in total. The van der Waals surface area contributed by atoms with Gasteiger partial charge in [0, 0.05) is 12.4 Å². The third kappa shape index (κ3) is 1.60. The zero-order chi connectivity index (χ0) is 11.0. The van der Waals surface area contributed by atoms with Crippen molar-refractivity contribution in [2.24, 2.45) is 7.05 Å². The van der Waals surface area contributed by atoms with Crippen molar-refractivity contribution in [3.8, 4) is 0 Å². The van der Waals surface area contributed by atoms with Crippen LogP contribution < -0.4 is 0 Å². The maximum Gasteiger partial charge on any atom is 0.340 e. The molecule has 0 N–H and O–H groups in total. The van der Waals surface area contributed by atoms with Gasteiger partial charge in [-0.1, -0.05) is 12.1 Å². The quantitative estimate of drug-likeness (QED) is 0.597. The van der Waals surface area contributed by atoms with Crippen LogP contribution in [0.25, 0.3) is 10.9 Å². The predicted octanol–water partition coefficient (Wildman–Crippen LogP) is 1.96. The van der Waals surface area contributed by atoms with Gasteiger partial charge in [0.15, 0.2) is 0 Å². The fourth-order valence-electron chi connectivity index (χ4n) is 1.57. The Balaban J connectivity index is 2.80. The number of benzene rings is 1. The Labute approximate surface area is 100 Å². The highest BCUT2D eigenvalue weighted by atomic mass is 127. The van der Waals surface area contributed by atoms with E-state index in [4.69, 9.17) is 4.74 Å². The predicted molar refractivity (Wildman–Crippen MR) is 64.8 cm³/mol. The van der Waals surface area contributed by atoms with Gasteiger partial charge in [0.05, 0.1) is 18.2 Å². The number of methoxy groups -OCH3 is 1. The van der Waals surface area contributed by atoms with E-state index in [-0.39, 0.29) is 5.97 Å². The van der Waals surface area contributed by atoms with E-state index in [0.717, 1.165) is 14.6 Å². The van der Waals surface area contributed by atoms with Crippen molar-refractivity contribution in [3.63, 3.8) is 0 Å². The van der Waals surface area contributed by atoms with Gasteiger partial charge < -0.3 is 4.74 Å². The summed E-state index contributed by atoms with van der Waals surface area (Å²) in [7, 11) is 3.19. The number of halogens is 1. The third-order valence-electron chi connectivity index (χ3n) is 2.22. The van der Waals surface area contributed by atoms with Crippen LogP contribution in [0.5, 0.6) is 0 Å². The van der Waals surface area contributed by atoms with Crippen molar-refractivity contribution in [1.82, 2.24) is 9.78 Å². The molecular weight excluding hydrogens is 307 g/mol. The average molecular weight is 316 g/mol. The minimum absolute atomic E-state index is 0.333. The fraction of sp³-hybridized carbons (Fsp3) is 0.200. The Morgan fingerprint density at radius 2 is 2.27 bits per heavy atom. The van der Waals surface area contributed by atoms with Crippen LogP contribution in [-0.2, 0) is 11.8 Å². The molecule has 0 aliphatic carbocycles. The Bertz CT molecular complexity index is 533. The van der Waals surface area contributed by atoms with Crippen LogP contribution in [0.1, 0.15) is 10.4 Å². The van der Waals surface area contributed by atoms with Crippen LogP contribution in [0, 0.1) is 3.70 Å². The first-order chi connectivity index (χ1) is 7.15. The molecule has 0 aliphatic heterocycles. The first-order valence-corrected chi connectivity index (χ1v) is 5.42. The lowest BCUT2D eigenvalue weighted by Gasteiger charge is -2.02. The lowest BCUT2D eigenvalue weighted by Crippen LogP contribution is -2.04. The highest BCUT2D eigenvalue weighted by molar-refractivity contribution is 14.1. The Kier molecular flexibility index (Phi) is 2.64. The molecule has 2 aromatic rings. The summed E-state index contributed by atoms with van der Waals surface area (Å²) in [6.07, 6.45) is 0. The number of ether oxygens (including phenoxy) is 1. The van der Waals surface area contributed by atoms with Crippen molar-refractivity contribution >= 4 is 39.5 Å². The van der Waals surface area contributed by atoms with Crippen LogP contribution >= 0.6 is 22.6 Å². The van der Waals surface area contributed by atoms with E-state index >= 15 is 0 Å². The molecule has 0 fully saturated rings. The number of carbonyl (C=O) groups excluding carboxylic acids is 1. The Morgan fingerprint density at radius 3 is 2.93 bits per heavy atom. The smallest absolute Gasteiger partial charge is 0.340 e. The average Bonchev–Trinajstić information content (AvgIpc) is 2.54. The second kappa shape index (κ2) is 3.80. The molecule has 0 amide bonds. The highest BCUT2D eigenvalue weighted by Gasteiger charge is 2.15. The number of rotatable bonds is 1. The molecule has 0 atom stereocenters. The second-order valence-corrected chi connectivity index (χ2v) is 4.13. The van der Waals surface area contributed by atoms with Crippen molar-refractivity contribution in [1.29, 1.82) is 0 Å². The van der Waals surface area contributed by atoms with E-state index in [2.05, 4.69) is 27.7 Å². The lowest BCUT2D eigenvalue weighted by atomic mass is 10.1. The summed E-state index contributed by atoms with van der Waals surface area (Å²) in [4.78, 5) is 11.5. The summed E-state index contributed by atoms with van der Waals surface area (Å²) in [5.74, 6) is -0.333. The molecule has 5 heteroatoms. The molecule has 78 valence electrons. The molecule has 2 rings (SSSR count). The summed E-state index contributed by atoms with van der Waals surface area (Å²) in [5, 5.41) is 5.24. The molecule has 0 saturated heterocycles. The van der Waals surface area contributed by atoms with Gasteiger partial charge in [-0.25, -0.2) is 4.79 Å². The molecular formula is C10H9IN2O2. The van der Waals surface area contributed by atoms with Gasteiger partial charge in [-0.3, -0.25) is 4.68 Å². The first kappa shape index (κ1) is 10.4. The number of aryl methyl sites for hydroxylation is 1. The van der Waals surface area contributed by atoms with Crippen LogP contribution in [0.15, 0.2) is 18.2 Å². The summed E-state index contributed by atoms with van der Waals surface area (Å²) >= 11 is 2.15. The minimum atomic E-state index is -0.333. The molecule has 1 aromatic carbocycles. The van der Waals surface area contributed by atoms with Crippen LogP contribution in [0.4, 0.5) is 0 Å². The van der Waals surface area contributed by atoms with E-state index in [1.807, 2.05) is 19.2 Å². The molecule has 0 radical (unpaired) electrons. The Hall–Kier alpha value is -1.11. The minimum Gasteiger partial charge on any atom is -0.465 e. The number of para-hydroxylation sites is 1. The zero-order valence-corrected chi connectivity index (χ0v) is 10.5. The summed E-state index contributed by atoms with van der Waals surface area (Å²) in [6.45, 7) is 0. The van der Waals surface area contributed by atoms with Crippen molar-refractivity contribution in [3.05, 3.63) is 27.5 Å². The topological polar surface area (TPSA) is 44.1 Å². The fourth-order valence-corrected chi connectivity index (χ4v) is 2.33. The van der Waals surface area contributed by atoms with Crippen LogP contribution in [-0.4, -0.2) is 22.9 Å². The van der Waals surface area contributed by atoms with Crippen molar-refractivity contribution in [2.75, 3.05) is 7.11 Å². The maximum atomic E-state index is 11.5. The van der Waals surface area contributed by atoms with Crippen molar-refractivity contribution in [2.45, 2.75) is 0 Å². The maximum absolute atomic E-state index is 11.5. The van der Waals surface area contributed by atoms with Crippen LogP contribution in [0.2, 0.25) is 0 Å². The summed E-state index contributed by atoms with van der Waals surface area (Å²) in [5.41, 5.74) is 1.36. The van der Waals surface area contributed by atoms with Gasteiger partial charge >= 0.3 is 5.97 Å². The SMILES string of the molecule is COC(=O)c1cccc2c(I)nn(C)c12. The number of aromatic nitrogens is 2. The van der Waals surface area contributed by atoms with Gasteiger partial charge in [-0.05, 0) is 28.7 Å². The van der Waals surface area contributed by atoms with Crippen LogP contribution in [0.3, 0.4) is 0 Å². The van der Waals surface area contributed by atoms with Gasteiger partial charge in [0.1, 0.15) is 3.70 Å². The van der Waals surface area contributed by atoms with E-state index in [1.54, 1.807) is 10.7 Å². The number of nitrogens with zero attached hydrogens (tertiary/aromatic N) is 2. The molecule has 0 spiro atoms. The number of hydrogen-bond donors (Lipinski definition) is 0. The first-order valence-electron chi connectivity index (χ1n) is 4.34. The number of hydrogen-bond acceptors (Lipinski definition) is 3. The molecule has 1 heterocycles. The molecule has 0 aliphatic rings. The normalized spacial score (nSPS) is 10.6. The van der Waals surface area contributed by atoms with Gasteiger partial charge in [0.2, 0.25) is 0 Å². The molecule has 0 saturated carbocycles. The monoisotopic (exact) mass is 316 g/mol. The largest absolute Gasteiger partial charge is 0.465 e. The Morgan fingerprint density at radius 1 is 1.53 bits per heavy atom. The zero-order valence-electron chi connectivity index (χ0n) is 8.32. The third-order valence-corrected chi connectivity index (χ3v) is 3.02. The highest BCUT2D eigenvalue weighted by Crippen LogP contribution is 2.23. The molecule has 15 heavy (non-hydrogen) atoms.